The Morgan fingerprint density at radius 1 is 1.27 bits per heavy atom. The summed E-state index contributed by atoms with van der Waals surface area (Å²) in [5.41, 5.74) is 5.53. The number of rotatable bonds is 1. The Kier molecular flexibility index (Phi) is 5.73. The third kappa shape index (κ3) is 5.34. The molecule has 1 aromatic rings. The van der Waals surface area contributed by atoms with Crippen LogP contribution in [0, 0.1) is 0 Å². The molecule has 15 heavy (non-hydrogen) atoms. The zero-order chi connectivity index (χ0) is 10.9. The van der Waals surface area contributed by atoms with Crippen LogP contribution in [0.15, 0.2) is 30.3 Å². The van der Waals surface area contributed by atoms with Gasteiger partial charge in [-0.25, -0.2) is 0 Å². The first-order valence-corrected chi connectivity index (χ1v) is 6.81. The standard InChI is InChI=1S/C7H7NO.C4H10OSi/c8-7(9)6-4-2-1-3-5-6;1-2-4-6-5-3-1/h1-5H,(H2,8,9);1-4,6H2. The van der Waals surface area contributed by atoms with Crippen LogP contribution in [0.5, 0.6) is 0 Å². The van der Waals surface area contributed by atoms with Crippen molar-refractivity contribution < 1.29 is 9.22 Å². The minimum absolute atomic E-state index is 0.00849. The molecule has 0 radical (unpaired) electrons. The van der Waals surface area contributed by atoms with Crippen molar-refractivity contribution in [1.29, 1.82) is 0 Å². The fraction of sp³-hybridized carbons (Fsp3) is 0.364. The van der Waals surface area contributed by atoms with E-state index in [0.29, 0.717) is 5.56 Å². The van der Waals surface area contributed by atoms with Gasteiger partial charge in [-0.3, -0.25) is 4.79 Å². The van der Waals surface area contributed by atoms with E-state index in [4.69, 9.17) is 10.2 Å². The predicted molar refractivity (Wildman–Crippen MR) is 63.5 cm³/mol. The number of primary amides is 1. The molecule has 0 bridgehead atoms. The molecule has 0 aliphatic carbocycles. The molecular formula is C11H17NO2Si. The number of carbonyl (C=O) groups is 1. The lowest BCUT2D eigenvalue weighted by Gasteiger charge is -2.07. The van der Waals surface area contributed by atoms with Crippen molar-refractivity contribution in [2.45, 2.75) is 18.9 Å². The third-order valence-electron chi connectivity index (χ3n) is 2.14. The third-order valence-corrected chi connectivity index (χ3v) is 3.50. The highest BCUT2D eigenvalue weighted by Gasteiger charge is 1.96. The van der Waals surface area contributed by atoms with E-state index >= 15 is 0 Å². The van der Waals surface area contributed by atoms with Crippen LogP contribution < -0.4 is 5.73 Å². The number of benzene rings is 1. The number of carbonyl (C=O) groups excluding carboxylic acids is 1. The fourth-order valence-electron chi connectivity index (χ4n) is 1.29. The second-order valence-corrected chi connectivity index (χ2v) is 4.93. The monoisotopic (exact) mass is 223 g/mol. The molecule has 0 unspecified atom stereocenters. The molecule has 2 rings (SSSR count). The van der Waals surface area contributed by atoms with Crippen molar-refractivity contribution in [2.24, 2.45) is 5.73 Å². The maximum atomic E-state index is 10.4. The van der Waals surface area contributed by atoms with Crippen molar-refractivity contribution in [3.05, 3.63) is 35.9 Å². The molecule has 0 aromatic heterocycles. The Balaban J connectivity index is 0.000000162. The summed E-state index contributed by atoms with van der Waals surface area (Å²) in [6.45, 7) is 1.06. The Morgan fingerprint density at radius 2 is 2.00 bits per heavy atom. The molecule has 3 nitrogen and oxygen atoms in total. The van der Waals surface area contributed by atoms with Crippen LogP contribution in [0.25, 0.3) is 0 Å². The van der Waals surface area contributed by atoms with Gasteiger partial charge in [0.15, 0.2) is 9.76 Å². The molecule has 1 amide bonds. The SMILES string of the molecule is C1CC[SiH2]OC1.NC(=O)c1ccccc1. The van der Waals surface area contributed by atoms with E-state index in [0.717, 1.165) is 6.61 Å². The summed E-state index contributed by atoms with van der Waals surface area (Å²) in [6, 6.07) is 10.2. The highest BCUT2D eigenvalue weighted by Crippen LogP contribution is 2.01. The van der Waals surface area contributed by atoms with Gasteiger partial charge in [-0.2, -0.15) is 0 Å². The first kappa shape index (κ1) is 11.9. The van der Waals surface area contributed by atoms with Gasteiger partial charge in [-0.05, 0) is 24.6 Å². The number of nitrogens with two attached hydrogens (primary N) is 1. The van der Waals surface area contributed by atoms with Gasteiger partial charge in [0.1, 0.15) is 0 Å². The van der Waals surface area contributed by atoms with Gasteiger partial charge in [-0.15, -0.1) is 0 Å². The average Bonchev–Trinajstić information content (AvgIpc) is 2.33. The Labute approximate surface area is 92.6 Å². The maximum absolute atomic E-state index is 10.4. The highest BCUT2D eigenvalue weighted by atomic mass is 28.2. The van der Waals surface area contributed by atoms with Crippen molar-refractivity contribution in [3.8, 4) is 0 Å². The quantitative estimate of drug-likeness (QED) is 0.724. The Bertz CT molecular complexity index is 274. The molecule has 0 spiro atoms. The smallest absolute Gasteiger partial charge is 0.248 e. The van der Waals surface area contributed by atoms with Gasteiger partial charge in [0.05, 0.1) is 0 Å². The Morgan fingerprint density at radius 3 is 2.27 bits per heavy atom. The molecule has 1 aromatic carbocycles. The van der Waals surface area contributed by atoms with Gasteiger partial charge in [0.2, 0.25) is 5.91 Å². The first-order chi connectivity index (χ1) is 7.30. The van der Waals surface area contributed by atoms with Crippen molar-refractivity contribution in [1.82, 2.24) is 0 Å². The van der Waals surface area contributed by atoms with Gasteiger partial charge in [-0.1, -0.05) is 24.6 Å². The lowest BCUT2D eigenvalue weighted by molar-refractivity contribution is 0.100. The summed E-state index contributed by atoms with van der Waals surface area (Å²) >= 11 is 0. The topological polar surface area (TPSA) is 52.3 Å². The van der Waals surface area contributed by atoms with E-state index in [9.17, 15) is 4.79 Å². The lowest BCUT2D eigenvalue weighted by atomic mass is 10.2. The molecule has 1 fully saturated rings. The molecular weight excluding hydrogens is 206 g/mol. The van der Waals surface area contributed by atoms with Crippen LogP contribution in [0.1, 0.15) is 23.2 Å². The van der Waals surface area contributed by atoms with Crippen molar-refractivity contribution >= 4 is 15.7 Å². The Hall–Kier alpha value is -1.13. The average molecular weight is 223 g/mol. The number of hydrogen-bond acceptors (Lipinski definition) is 2. The molecule has 82 valence electrons. The van der Waals surface area contributed by atoms with Crippen LogP contribution in [0.4, 0.5) is 0 Å². The predicted octanol–water partition coefficient (Wildman–Crippen LogP) is 1.08. The minimum Gasteiger partial charge on any atom is -0.424 e. The van der Waals surface area contributed by atoms with Crippen LogP contribution in [-0.2, 0) is 4.43 Å². The van der Waals surface area contributed by atoms with Crippen LogP contribution >= 0.6 is 0 Å². The van der Waals surface area contributed by atoms with Gasteiger partial charge in [0.25, 0.3) is 0 Å². The first-order valence-electron chi connectivity index (χ1n) is 5.23. The molecule has 4 heteroatoms. The van der Waals surface area contributed by atoms with E-state index < -0.39 is 0 Å². The largest absolute Gasteiger partial charge is 0.424 e. The van der Waals surface area contributed by atoms with Gasteiger partial charge in [0, 0.05) is 12.2 Å². The van der Waals surface area contributed by atoms with Crippen LogP contribution in [0.2, 0.25) is 6.04 Å². The van der Waals surface area contributed by atoms with E-state index in [1.165, 1.54) is 18.9 Å². The van der Waals surface area contributed by atoms with E-state index in [1.807, 2.05) is 6.07 Å². The summed E-state index contributed by atoms with van der Waals surface area (Å²) in [5.74, 6) is -0.379. The zero-order valence-electron chi connectivity index (χ0n) is 8.82. The van der Waals surface area contributed by atoms with E-state index in [-0.39, 0.29) is 15.7 Å². The van der Waals surface area contributed by atoms with Gasteiger partial charge < -0.3 is 10.2 Å². The summed E-state index contributed by atoms with van der Waals surface area (Å²) < 4.78 is 5.21. The molecule has 2 N–H and O–H groups in total. The number of amides is 1. The molecule has 0 saturated carbocycles. The van der Waals surface area contributed by atoms with Crippen LogP contribution in [0.3, 0.4) is 0 Å². The van der Waals surface area contributed by atoms with E-state index in [2.05, 4.69) is 0 Å². The summed E-state index contributed by atoms with van der Waals surface area (Å²) in [4.78, 5) is 10.4. The molecule has 1 saturated heterocycles. The summed E-state index contributed by atoms with van der Waals surface area (Å²) in [5, 5.41) is 0. The van der Waals surface area contributed by atoms with E-state index in [1.54, 1.807) is 24.3 Å². The lowest BCUT2D eigenvalue weighted by Crippen LogP contribution is -2.09. The number of hydrogen-bond donors (Lipinski definition) is 1. The zero-order valence-corrected chi connectivity index (χ0v) is 10.2. The maximum Gasteiger partial charge on any atom is 0.248 e. The van der Waals surface area contributed by atoms with Crippen molar-refractivity contribution in [2.75, 3.05) is 6.61 Å². The summed E-state index contributed by atoms with van der Waals surface area (Å²) in [6.07, 6.45) is 2.75. The minimum atomic E-state index is -0.379. The highest BCUT2D eigenvalue weighted by molar-refractivity contribution is 6.27. The molecule has 1 aliphatic rings. The summed E-state index contributed by atoms with van der Waals surface area (Å²) in [7, 11) is 0.00849. The second kappa shape index (κ2) is 7.20. The van der Waals surface area contributed by atoms with Crippen molar-refractivity contribution in [3.63, 3.8) is 0 Å². The van der Waals surface area contributed by atoms with Gasteiger partial charge >= 0.3 is 0 Å². The normalized spacial score (nSPS) is 16.5. The molecule has 1 aliphatic heterocycles. The molecule has 1 heterocycles. The second-order valence-electron chi connectivity index (χ2n) is 3.40. The fourth-order valence-corrected chi connectivity index (χ4v) is 2.46. The van der Waals surface area contributed by atoms with Crippen LogP contribution in [-0.4, -0.2) is 22.3 Å². The molecule has 0 atom stereocenters.